The van der Waals surface area contributed by atoms with Crippen molar-refractivity contribution in [3.63, 3.8) is 0 Å². The molecule has 1 aliphatic rings. The fourth-order valence-corrected chi connectivity index (χ4v) is 3.09. The van der Waals surface area contributed by atoms with Gasteiger partial charge in [0.1, 0.15) is 5.75 Å². The molecule has 1 aromatic rings. The van der Waals surface area contributed by atoms with Crippen LogP contribution in [0.4, 0.5) is 0 Å². The van der Waals surface area contributed by atoms with E-state index < -0.39 is 9.05 Å². The van der Waals surface area contributed by atoms with Gasteiger partial charge in [0.25, 0.3) is 15.0 Å². The maximum atomic E-state index is 11.8. The highest BCUT2D eigenvalue weighted by Gasteiger charge is 2.29. The highest BCUT2D eigenvalue weighted by molar-refractivity contribution is 8.13. The van der Waals surface area contributed by atoms with E-state index in [1.54, 1.807) is 24.9 Å². The first-order chi connectivity index (χ1) is 9.29. The molecule has 0 bridgehead atoms. The Kier molecular flexibility index (Phi) is 4.25. The lowest BCUT2D eigenvalue weighted by atomic mass is 10.2. The van der Waals surface area contributed by atoms with Crippen LogP contribution in [0.15, 0.2) is 23.1 Å². The normalized spacial score (nSPS) is 14.9. The van der Waals surface area contributed by atoms with Gasteiger partial charge in [0, 0.05) is 23.8 Å². The zero-order valence-electron chi connectivity index (χ0n) is 11.3. The molecular weight excluding hydrogens is 302 g/mol. The van der Waals surface area contributed by atoms with Crippen LogP contribution in [0.1, 0.15) is 18.4 Å². The molecule has 7 heteroatoms. The van der Waals surface area contributed by atoms with Gasteiger partial charge in [-0.15, -0.1) is 0 Å². The number of rotatable bonds is 5. The van der Waals surface area contributed by atoms with Gasteiger partial charge in [-0.05, 0) is 43.5 Å². The fraction of sp³-hybridized carbons (Fsp3) is 0.462. The quantitative estimate of drug-likeness (QED) is 0.778. The molecule has 0 atom stereocenters. The summed E-state index contributed by atoms with van der Waals surface area (Å²) in [5.41, 5.74) is 0.487. The molecule has 0 spiro atoms. The van der Waals surface area contributed by atoms with Crippen LogP contribution in [-0.4, -0.2) is 38.9 Å². The third-order valence-corrected chi connectivity index (χ3v) is 4.74. The van der Waals surface area contributed by atoms with Gasteiger partial charge >= 0.3 is 0 Å². The summed E-state index contributed by atoms with van der Waals surface area (Å²) >= 11 is 0. The van der Waals surface area contributed by atoms with Gasteiger partial charge < -0.3 is 9.64 Å². The van der Waals surface area contributed by atoms with E-state index in [1.807, 2.05) is 0 Å². The molecule has 1 saturated carbocycles. The van der Waals surface area contributed by atoms with Crippen LogP contribution in [-0.2, 0) is 13.8 Å². The average molecular weight is 318 g/mol. The van der Waals surface area contributed by atoms with E-state index in [0.717, 1.165) is 12.8 Å². The van der Waals surface area contributed by atoms with E-state index in [-0.39, 0.29) is 17.4 Å². The Balaban J connectivity index is 2.00. The van der Waals surface area contributed by atoms with E-state index >= 15 is 0 Å². The van der Waals surface area contributed by atoms with Crippen molar-refractivity contribution in [1.29, 1.82) is 0 Å². The molecule has 110 valence electrons. The summed E-state index contributed by atoms with van der Waals surface area (Å²) in [4.78, 5) is 13.5. The standard InChI is InChI=1S/C13H16ClNO4S/c1-9-7-11(5-6-12(9)20(14,17)18)19-8-13(16)15(2)10-3-4-10/h5-7,10H,3-4,8H2,1-2H3. The number of amides is 1. The lowest BCUT2D eigenvalue weighted by Gasteiger charge is -2.16. The Morgan fingerprint density at radius 2 is 2.10 bits per heavy atom. The second-order valence-electron chi connectivity index (χ2n) is 4.89. The zero-order valence-corrected chi connectivity index (χ0v) is 12.9. The van der Waals surface area contributed by atoms with Gasteiger partial charge in [-0.3, -0.25) is 4.79 Å². The summed E-state index contributed by atoms with van der Waals surface area (Å²) in [6.07, 6.45) is 2.09. The van der Waals surface area contributed by atoms with E-state index in [4.69, 9.17) is 15.4 Å². The Morgan fingerprint density at radius 3 is 2.60 bits per heavy atom. The number of carbonyl (C=O) groups is 1. The first-order valence-corrected chi connectivity index (χ1v) is 8.54. The number of hydrogen-bond donors (Lipinski definition) is 0. The van der Waals surface area contributed by atoms with E-state index in [9.17, 15) is 13.2 Å². The number of ether oxygens (including phenoxy) is 1. The summed E-state index contributed by atoms with van der Waals surface area (Å²) in [6, 6.07) is 4.77. The summed E-state index contributed by atoms with van der Waals surface area (Å²) in [5.74, 6) is 0.364. The van der Waals surface area contributed by atoms with Crippen LogP contribution in [0.5, 0.6) is 5.75 Å². The topological polar surface area (TPSA) is 63.7 Å². The highest BCUT2D eigenvalue weighted by Crippen LogP contribution is 2.26. The number of likely N-dealkylation sites (N-methyl/N-ethyl adjacent to an activating group) is 1. The molecular formula is C13H16ClNO4S. The van der Waals surface area contributed by atoms with Gasteiger partial charge in [-0.1, -0.05) is 0 Å². The molecule has 0 N–H and O–H groups in total. The minimum Gasteiger partial charge on any atom is -0.484 e. The lowest BCUT2D eigenvalue weighted by molar-refractivity contribution is -0.132. The smallest absolute Gasteiger partial charge is 0.261 e. The molecule has 0 radical (unpaired) electrons. The molecule has 1 aromatic carbocycles. The third kappa shape index (κ3) is 3.64. The Hall–Kier alpha value is -1.27. The van der Waals surface area contributed by atoms with Crippen molar-refractivity contribution < 1.29 is 17.9 Å². The van der Waals surface area contributed by atoms with Crippen LogP contribution in [0.25, 0.3) is 0 Å². The molecule has 0 aliphatic heterocycles. The molecule has 0 saturated heterocycles. The Morgan fingerprint density at radius 1 is 1.45 bits per heavy atom. The largest absolute Gasteiger partial charge is 0.484 e. The van der Waals surface area contributed by atoms with Gasteiger partial charge in [-0.25, -0.2) is 8.42 Å². The van der Waals surface area contributed by atoms with Crippen LogP contribution in [0, 0.1) is 6.92 Å². The molecule has 5 nitrogen and oxygen atoms in total. The number of aryl methyl sites for hydroxylation is 1. The highest BCUT2D eigenvalue weighted by atomic mass is 35.7. The van der Waals surface area contributed by atoms with E-state index in [0.29, 0.717) is 17.4 Å². The Labute approximate surface area is 122 Å². The maximum absolute atomic E-state index is 11.8. The van der Waals surface area contributed by atoms with Crippen molar-refractivity contribution in [2.45, 2.75) is 30.7 Å². The number of nitrogens with zero attached hydrogens (tertiary/aromatic N) is 1. The van der Waals surface area contributed by atoms with Crippen molar-refractivity contribution in [2.75, 3.05) is 13.7 Å². The molecule has 1 fully saturated rings. The first-order valence-electron chi connectivity index (χ1n) is 6.23. The summed E-state index contributed by atoms with van der Waals surface area (Å²) in [6.45, 7) is 1.57. The average Bonchev–Trinajstić information content (AvgIpc) is 3.17. The van der Waals surface area contributed by atoms with Crippen molar-refractivity contribution in [1.82, 2.24) is 4.90 Å². The van der Waals surface area contributed by atoms with Crippen LogP contribution in [0.3, 0.4) is 0 Å². The van der Waals surface area contributed by atoms with E-state index in [1.165, 1.54) is 12.1 Å². The number of benzene rings is 1. The van der Waals surface area contributed by atoms with E-state index in [2.05, 4.69) is 0 Å². The molecule has 1 amide bonds. The second kappa shape index (κ2) is 5.61. The summed E-state index contributed by atoms with van der Waals surface area (Å²) in [7, 11) is 3.30. The zero-order chi connectivity index (χ0) is 14.9. The minimum absolute atomic E-state index is 0.0490. The third-order valence-electron chi connectivity index (χ3n) is 3.26. The van der Waals surface area contributed by atoms with Crippen molar-refractivity contribution in [3.8, 4) is 5.75 Å². The van der Waals surface area contributed by atoms with Crippen molar-refractivity contribution in [2.24, 2.45) is 0 Å². The molecule has 1 aliphatic carbocycles. The SMILES string of the molecule is Cc1cc(OCC(=O)N(C)C2CC2)ccc1S(=O)(=O)Cl. The van der Waals surface area contributed by atoms with Crippen LogP contribution in [0.2, 0.25) is 0 Å². The fourth-order valence-electron chi connectivity index (χ4n) is 1.90. The molecule has 0 unspecified atom stereocenters. The van der Waals surface area contributed by atoms with Gasteiger partial charge in [0.05, 0.1) is 4.90 Å². The summed E-state index contributed by atoms with van der Waals surface area (Å²) < 4.78 is 27.9. The van der Waals surface area contributed by atoms with Gasteiger partial charge in [0.15, 0.2) is 6.61 Å². The molecule has 0 aromatic heterocycles. The van der Waals surface area contributed by atoms with Gasteiger partial charge in [0.2, 0.25) is 0 Å². The lowest BCUT2D eigenvalue weighted by Crippen LogP contribution is -2.33. The number of hydrogen-bond acceptors (Lipinski definition) is 4. The van der Waals surface area contributed by atoms with Crippen molar-refractivity contribution >= 4 is 25.6 Å². The minimum atomic E-state index is -3.76. The molecule has 20 heavy (non-hydrogen) atoms. The summed E-state index contributed by atoms with van der Waals surface area (Å²) in [5, 5.41) is 0. The van der Waals surface area contributed by atoms with Gasteiger partial charge in [-0.2, -0.15) is 0 Å². The Bertz CT molecular complexity index is 625. The van der Waals surface area contributed by atoms with Crippen molar-refractivity contribution in [3.05, 3.63) is 23.8 Å². The molecule has 2 rings (SSSR count). The monoisotopic (exact) mass is 317 g/mol. The van der Waals surface area contributed by atoms with Crippen LogP contribution < -0.4 is 4.74 Å². The number of carbonyl (C=O) groups excluding carboxylic acids is 1. The second-order valence-corrected chi connectivity index (χ2v) is 7.42. The predicted octanol–water partition coefficient (Wildman–Crippen LogP) is 1.92. The molecule has 0 heterocycles. The van der Waals surface area contributed by atoms with Crippen LogP contribution >= 0.6 is 10.7 Å². The maximum Gasteiger partial charge on any atom is 0.261 e. The number of halogens is 1. The predicted molar refractivity (Wildman–Crippen MR) is 75.5 cm³/mol. The first kappa shape index (κ1) is 15.1.